The Labute approximate surface area is 539 Å². The fourth-order valence-electron chi connectivity index (χ4n) is 10.4. The van der Waals surface area contributed by atoms with E-state index in [1.807, 2.05) is 6.92 Å². The topological polar surface area (TPSA) is 392 Å². The molecular formula is C65H118N2O24. The molecule has 26 nitrogen and oxygen atoms in total. The van der Waals surface area contributed by atoms with E-state index in [0.29, 0.717) is 156 Å². The smallest absolute Gasteiger partial charge is 0.222 e. The highest BCUT2D eigenvalue weighted by atomic mass is 16.7. The lowest BCUT2D eigenvalue weighted by Crippen LogP contribution is -2.55. The molecule has 11 N–H and O–H groups in total. The molecule has 532 valence electrons. The summed E-state index contributed by atoms with van der Waals surface area (Å²) in [5, 5.41) is 93.4. The van der Waals surface area contributed by atoms with Crippen LogP contribution in [0.5, 0.6) is 0 Å². The molecule has 0 radical (unpaired) electrons. The number of hydrogen-bond acceptors (Lipinski definition) is 24. The third-order valence-corrected chi connectivity index (χ3v) is 16.5. The van der Waals surface area contributed by atoms with E-state index >= 15 is 0 Å². The number of ketones is 4. The number of unbranched alkanes of at least 4 members (excludes halogenated alkanes) is 9. The first-order chi connectivity index (χ1) is 43.8. The summed E-state index contributed by atoms with van der Waals surface area (Å²) in [4.78, 5) is 72.2. The number of rotatable bonds is 53. The maximum absolute atomic E-state index is 12.2. The van der Waals surface area contributed by atoms with Crippen molar-refractivity contribution in [1.82, 2.24) is 10.6 Å². The number of Topliss-reactive ketones (excluding diaryl/α,β-unsaturated/α-hetero) is 4. The molecule has 26 heteroatoms. The first-order valence-corrected chi connectivity index (χ1v) is 33.8. The van der Waals surface area contributed by atoms with Crippen molar-refractivity contribution in [3.63, 3.8) is 0 Å². The molecule has 0 aliphatic carbocycles. The Kier molecular flexibility index (Phi) is 48.1. The van der Waals surface area contributed by atoms with E-state index in [9.17, 15) is 74.7 Å². The minimum atomic E-state index is -1.17. The lowest BCUT2D eigenvalue weighted by atomic mass is 9.92. The third kappa shape index (κ3) is 37.1. The summed E-state index contributed by atoms with van der Waals surface area (Å²) in [6, 6.07) is 0. The van der Waals surface area contributed by atoms with Crippen LogP contribution in [0.1, 0.15) is 195 Å². The van der Waals surface area contributed by atoms with Crippen molar-refractivity contribution >= 4 is 34.9 Å². The Morgan fingerprint density at radius 2 is 0.615 bits per heavy atom. The second-order valence-corrected chi connectivity index (χ2v) is 24.3. The normalized spacial score (nSPS) is 26.6. The maximum atomic E-state index is 12.2. The van der Waals surface area contributed by atoms with Crippen molar-refractivity contribution in [2.75, 3.05) is 92.4 Å². The second kappa shape index (κ2) is 52.1. The molecule has 15 unspecified atom stereocenters. The number of carbonyl (C=O) groups is 6. The molecule has 91 heavy (non-hydrogen) atoms. The molecule has 2 amide bonds. The van der Waals surface area contributed by atoms with Crippen molar-refractivity contribution in [3.05, 3.63) is 0 Å². The van der Waals surface area contributed by atoms with Crippen molar-refractivity contribution in [1.29, 1.82) is 0 Å². The summed E-state index contributed by atoms with van der Waals surface area (Å²) < 4.78 is 49.8. The van der Waals surface area contributed by atoms with Gasteiger partial charge in [-0.25, -0.2) is 0 Å². The molecule has 3 saturated heterocycles. The Bertz CT molecular complexity index is 1830. The summed E-state index contributed by atoms with van der Waals surface area (Å²) in [6.07, 6.45) is 5.58. The maximum Gasteiger partial charge on any atom is 0.222 e. The van der Waals surface area contributed by atoms with Gasteiger partial charge in [-0.05, 0) is 77.0 Å². The van der Waals surface area contributed by atoms with Gasteiger partial charge in [0.05, 0.1) is 71.2 Å². The molecule has 0 aromatic heterocycles. The van der Waals surface area contributed by atoms with Crippen LogP contribution in [0.3, 0.4) is 0 Å². The van der Waals surface area contributed by atoms with Gasteiger partial charge in [-0.2, -0.15) is 0 Å². The van der Waals surface area contributed by atoms with E-state index in [-0.39, 0.29) is 60.5 Å². The van der Waals surface area contributed by atoms with Crippen LogP contribution in [0.25, 0.3) is 0 Å². The molecule has 0 bridgehead atoms. The Hall–Kier alpha value is -3.10. The highest BCUT2D eigenvalue weighted by Crippen LogP contribution is 2.29. The fraction of sp³-hybridized carbons (Fsp3) is 0.908. The number of carbonyl (C=O) groups excluding carboxylic acids is 6. The van der Waals surface area contributed by atoms with Crippen LogP contribution in [-0.2, 0) is 71.4 Å². The fourth-order valence-corrected chi connectivity index (χ4v) is 10.4. The summed E-state index contributed by atoms with van der Waals surface area (Å²) >= 11 is 0. The van der Waals surface area contributed by atoms with Crippen LogP contribution in [-0.4, -0.2) is 247 Å². The molecule has 0 saturated carbocycles. The van der Waals surface area contributed by atoms with E-state index in [1.54, 1.807) is 20.8 Å². The van der Waals surface area contributed by atoms with Crippen LogP contribution in [0.15, 0.2) is 0 Å². The van der Waals surface area contributed by atoms with Crippen molar-refractivity contribution in [3.8, 4) is 0 Å². The summed E-state index contributed by atoms with van der Waals surface area (Å²) in [5.74, 6) is -0.735. The zero-order valence-electron chi connectivity index (χ0n) is 55.1. The first-order valence-electron chi connectivity index (χ1n) is 33.8. The third-order valence-electron chi connectivity index (χ3n) is 16.5. The number of hydrogen-bond donors (Lipinski definition) is 11. The van der Waals surface area contributed by atoms with Crippen molar-refractivity contribution in [2.45, 2.75) is 268 Å². The molecule has 3 heterocycles. The van der Waals surface area contributed by atoms with Crippen molar-refractivity contribution < 1.29 is 117 Å². The molecule has 0 aromatic rings. The van der Waals surface area contributed by atoms with E-state index in [1.165, 1.54) is 0 Å². The van der Waals surface area contributed by atoms with E-state index < -0.39 is 98.9 Å². The van der Waals surface area contributed by atoms with Gasteiger partial charge in [-0.3, -0.25) is 28.8 Å². The molecule has 0 aromatic carbocycles. The van der Waals surface area contributed by atoms with E-state index in [2.05, 4.69) is 10.6 Å². The monoisotopic (exact) mass is 1310 g/mol. The summed E-state index contributed by atoms with van der Waals surface area (Å²) in [5.41, 5.74) is 0. The SMILES string of the molecule is CC1C(OCCCCC(=O)CCCCCC(=O)CCOCCOCCC(=O)NCCCNC(=O)CCCCOC2OC(CO)C(O)C(O)C2C)OC(CO)C(O)C1O.CCCOCCC(=O)CCCCCC(=O)CCCCCCOC1OC(CO)C(O)C(O)C1C. The van der Waals surface area contributed by atoms with Crippen LogP contribution in [0, 0.1) is 17.8 Å². The number of amides is 2. The Morgan fingerprint density at radius 3 is 0.978 bits per heavy atom. The molecule has 3 fully saturated rings. The molecule has 0 spiro atoms. The number of aliphatic hydroxyl groups excluding tert-OH is 9. The number of aliphatic hydroxyl groups is 9. The first kappa shape index (κ1) is 84.0. The molecular weight excluding hydrogens is 1190 g/mol. The lowest BCUT2D eigenvalue weighted by molar-refractivity contribution is -0.282. The van der Waals surface area contributed by atoms with Gasteiger partial charge in [0, 0.05) is 121 Å². The van der Waals surface area contributed by atoms with Crippen LogP contribution in [0.2, 0.25) is 0 Å². The van der Waals surface area contributed by atoms with Gasteiger partial charge in [-0.15, -0.1) is 0 Å². The van der Waals surface area contributed by atoms with Gasteiger partial charge in [0.15, 0.2) is 18.9 Å². The average Bonchev–Trinajstić information content (AvgIpc) is 2.80. The lowest BCUT2D eigenvalue weighted by Gasteiger charge is -2.40. The molecule has 3 aliphatic rings. The number of ether oxygens (including phenoxy) is 9. The van der Waals surface area contributed by atoms with Crippen LogP contribution >= 0.6 is 0 Å². The minimum absolute atomic E-state index is 0.103. The van der Waals surface area contributed by atoms with Crippen LogP contribution < -0.4 is 10.6 Å². The van der Waals surface area contributed by atoms with E-state index in [0.717, 1.165) is 70.6 Å². The molecule has 3 aliphatic heterocycles. The van der Waals surface area contributed by atoms with Gasteiger partial charge in [0.1, 0.15) is 59.8 Å². The predicted octanol–water partition coefficient (Wildman–Crippen LogP) is 2.97. The predicted molar refractivity (Wildman–Crippen MR) is 333 cm³/mol. The highest BCUT2D eigenvalue weighted by Gasteiger charge is 2.44. The van der Waals surface area contributed by atoms with Gasteiger partial charge >= 0.3 is 0 Å². The van der Waals surface area contributed by atoms with E-state index in [4.69, 9.17) is 42.6 Å². The quantitative estimate of drug-likeness (QED) is 0.0390. The Balaban J connectivity index is 0.000000723. The summed E-state index contributed by atoms with van der Waals surface area (Å²) in [6.45, 7) is 10.3. The van der Waals surface area contributed by atoms with Crippen LogP contribution in [0.4, 0.5) is 0 Å². The van der Waals surface area contributed by atoms with Gasteiger partial charge in [-0.1, -0.05) is 53.4 Å². The molecule has 3 rings (SSSR count). The Morgan fingerprint density at radius 1 is 0.330 bits per heavy atom. The zero-order chi connectivity index (χ0) is 67.2. The molecule has 15 atom stereocenters. The summed E-state index contributed by atoms with van der Waals surface area (Å²) in [7, 11) is 0. The second-order valence-electron chi connectivity index (χ2n) is 24.3. The van der Waals surface area contributed by atoms with Crippen molar-refractivity contribution in [2.24, 2.45) is 17.8 Å². The number of nitrogens with one attached hydrogen (secondary N) is 2. The minimum Gasteiger partial charge on any atom is -0.394 e. The largest absolute Gasteiger partial charge is 0.394 e. The van der Waals surface area contributed by atoms with Gasteiger partial charge < -0.3 is 99.2 Å². The van der Waals surface area contributed by atoms with Gasteiger partial charge in [0.25, 0.3) is 0 Å². The zero-order valence-corrected chi connectivity index (χ0v) is 55.1. The van der Waals surface area contributed by atoms with Gasteiger partial charge in [0.2, 0.25) is 11.8 Å². The highest BCUT2D eigenvalue weighted by molar-refractivity contribution is 5.80. The standard InChI is InChI=1S/C40H72N2O16.C25H46O8/c1-27-35(49)37(51)31(25-43)57-39(27)55-19-8-6-13-29(45)11-4-3-5-12-30(46)15-21-53-23-24-54-22-16-34(48)42-18-10-17-41-33(47)14-7-9-20-56-40-28(2)36(50)38(52)32(26-44)58-40;1-3-15-31-17-14-21(28)13-9-6-8-12-20(27)11-7-4-5-10-16-32-25-19(2)23(29)24(30)22(18-26)33-25/h27-28,31-32,35-40,43-44,49-52H,3-26H2,1-2H3,(H,41,47)(H,42,48);19,22-26,29-30H,3-18H2,1-2H3. The average molecular weight is 1310 g/mol.